The van der Waals surface area contributed by atoms with Gasteiger partial charge in [-0.05, 0) is 30.7 Å². The zero-order valence-corrected chi connectivity index (χ0v) is 18.0. The molecule has 0 bridgehead atoms. The molecule has 0 aliphatic rings. The highest BCUT2D eigenvalue weighted by Gasteiger charge is 2.12. The van der Waals surface area contributed by atoms with Gasteiger partial charge in [0.05, 0.1) is 28.6 Å². The summed E-state index contributed by atoms with van der Waals surface area (Å²) in [4.78, 5) is 16.1. The maximum Gasteiger partial charge on any atom is 0.236 e. The first-order valence-corrected chi connectivity index (χ1v) is 10.5. The van der Waals surface area contributed by atoms with E-state index >= 15 is 0 Å². The van der Waals surface area contributed by atoms with Crippen LogP contribution in [0.5, 0.6) is 5.75 Å². The molecule has 0 aliphatic heterocycles. The number of aryl methyl sites for hydroxylation is 1. The molecule has 0 spiro atoms. The predicted molar refractivity (Wildman–Crippen MR) is 115 cm³/mol. The molecule has 1 aromatic carbocycles. The Hall–Kier alpha value is -2.07. The number of carbonyl (C=O) groups excluding carboxylic acids is 1. The van der Waals surface area contributed by atoms with Crippen molar-refractivity contribution in [3.63, 3.8) is 0 Å². The minimum atomic E-state index is -0.258. The molecule has 0 saturated heterocycles. The van der Waals surface area contributed by atoms with Crippen LogP contribution in [0, 0.1) is 6.92 Å². The summed E-state index contributed by atoms with van der Waals surface area (Å²) in [6.45, 7) is 1.99. The zero-order valence-electron chi connectivity index (χ0n) is 14.8. The summed E-state index contributed by atoms with van der Waals surface area (Å²) >= 11 is 14.4. The van der Waals surface area contributed by atoms with Gasteiger partial charge in [0.15, 0.2) is 10.2 Å². The number of amides is 1. The number of ether oxygens (including phenoxy) is 1. The van der Waals surface area contributed by atoms with Gasteiger partial charge in [-0.2, -0.15) is 0 Å². The van der Waals surface area contributed by atoms with Crippen LogP contribution in [-0.2, 0) is 4.79 Å². The van der Waals surface area contributed by atoms with Gasteiger partial charge in [0.1, 0.15) is 5.75 Å². The van der Waals surface area contributed by atoms with E-state index < -0.39 is 0 Å². The second-order valence-corrected chi connectivity index (χ2v) is 8.57. The second-order valence-electron chi connectivity index (χ2n) is 5.52. The first-order valence-electron chi connectivity index (χ1n) is 7.93. The first kappa shape index (κ1) is 20.7. The third-order valence-corrected chi connectivity index (χ3v) is 5.86. The number of halogens is 2. The molecule has 0 fully saturated rings. The van der Waals surface area contributed by atoms with Crippen molar-refractivity contribution in [2.75, 3.05) is 23.5 Å². The van der Waals surface area contributed by atoms with Crippen LogP contribution in [0.15, 0.2) is 34.8 Å². The van der Waals surface area contributed by atoms with Gasteiger partial charge in [-0.3, -0.25) is 4.79 Å². The van der Waals surface area contributed by atoms with E-state index in [1.54, 1.807) is 7.11 Å². The van der Waals surface area contributed by atoms with Crippen LogP contribution in [0.1, 0.15) is 5.56 Å². The van der Waals surface area contributed by atoms with Crippen LogP contribution in [0.4, 0.5) is 16.6 Å². The summed E-state index contributed by atoms with van der Waals surface area (Å²) in [6, 6.07) is 7.32. The van der Waals surface area contributed by atoms with Crippen molar-refractivity contribution in [2.24, 2.45) is 0 Å². The number of rotatable bonds is 7. The molecule has 3 rings (SSSR count). The Morgan fingerprint density at radius 1 is 1.29 bits per heavy atom. The fraction of sp³-hybridized carbons (Fsp3) is 0.176. The quantitative estimate of drug-likeness (QED) is 0.482. The van der Waals surface area contributed by atoms with E-state index in [4.69, 9.17) is 27.9 Å². The van der Waals surface area contributed by atoms with E-state index in [1.807, 2.05) is 25.1 Å². The number of carbonyl (C=O) groups is 1. The Morgan fingerprint density at radius 3 is 2.86 bits per heavy atom. The molecular weight excluding hydrogens is 441 g/mol. The highest BCUT2D eigenvalue weighted by atomic mass is 35.5. The van der Waals surface area contributed by atoms with E-state index in [1.165, 1.54) is 35.4 Å². The van der Waals surface area contributed by atoms with E-state index in [-0.39, 0.29) is 22.5 Å². The van der Waals surface area contributed by atoms with Gasteiger partial charge in [0, 0.05) is 6.20 Å². The third-order valence-electron chi connectivity index (χ3n) is 3.40. The Morgan fingerprint density at radius 2 is 2.11 bits per heavy atom. The predicted octanol–water partition coefficient (Wildman–Crippen LogP) is 5.03. The third kappa shape index (κ3) is 5.48. The van der Waals surface area contributed by atoms with Crippen molar-refractivity contribution in [1.82, 2.24) is 15.2 Å². The topological polar surface area (TPSA) is 89.0 Å². The van der Waals surface area contributed by atoms with Gasteiger partial charge in [-0.25, -0.2) is 4.98 Å². The Balaban J connectivity index is 1.57. The van der Waals surface area contributed by atoms with Gasteiger partial charge >= 0.3 is 0 Å². The molecule has 28 heavy (non-hydrogen) atoms. The average Bonchev–Trinajstić information content (AvgIpc) is 3.10. The van der Waals surface area contributed by atoms with E-state index in [0.717, 1.165) is 11.3 Å². The van der Waals surface area contributed by atoms with Crippen molar-refractivity contribution in [3.8, 4) is 5.75 Å². The monoisotopic (exact) mass is 455 g/mol. The van der Waals surface area contributed by atoms with Crippen molar-refractivity contribution in [2.45, 2.75) is 11.3 Å². The van der Waals surface area contributed by atoms with Crippen molar-refractivity contribution in [1.29, 1.82) is 0 Å². The number of nitrogens with one attached hydrogen (secondary N) is 2. The fourth-order valence-corrected chi connectivity index (χ4v) is 4.15. The number of thioether (sulfide) groups is 1. The van der Waals surface area contributed by atoms with Crippen LogP contribution in [0.3, 0.4) is 0 Å². The number of anilines is 3. The lowest BCUT2D eigenvalue weighted by Gasteiger charge is -2.09. The average molecular weight is 456 g/mol. The molecule has 0 aliphatic carbocycles. The molecule has 0 atom stereocenters. The number of nitrogens with zero attached hydrogens (tertiary/aromatic N) is 3. The lowest BCUT2D eigenvalue weighted by atomic mass is 10.2. The number of benzene rings is 1. The largest absolute Gasteiger partial charge is 0.495 e. The number of hydrogen-bond donors (Lipinski definition) is 2. The standard InChI is InChI=1S/C17H15Cl2N5O2S2/c1-9-3-4-13(26-2)12(5-9)21-16-23-24-17(28-16)27-8-14(25)22-15-11(19)6-10(18)7-20-15/h3-7H,8H2,1-2H3,(H,21,23)(H,20,22,25). The van der Waals surface area contributed by atoms with Gasteiger partial charge < -0.3 is 15.4 Å². The highest BCUT2D eigenvalue weighted by molar-refractivity contribution is 8.01. The Kier molecular flexibility index (Phi) is 6.95. The molecule has 1 amide bonds. The lowest BCUT2D eigenvalue weighted by Crippen LogP contribution is -2.15. The summed E-state index contributed by atoms with van der Waals surface area (Å²) in [5.74, 6) is 0.861. The summed E-state index contributed by atoms with van der Waals surface area (Å²) < 4.78 is 5.99. The van der Waals surface area contributed by atoms with Crippen LogP contribution >= 0.6 is 46.3 Å². The molecule has 11 heteroatoms. The van der Waals surface area contributed by atoms with E-state index in [0.29, 0.717) is 20.2 Å². The number of pyridine rings is 1. The summed E-state index contributed by atoms with van der Waals surface area (Å²) in [6.07, 6.45) is 1.42. The van der Waals surface area contributed by atoms with Crippen LogP contribution < -0.4 is 15.4 Å². The molecule has 2 N–H and O–H groups in total. The summed E-state index contributed by atoms with van der Waals surface area (Å²) in [7, 11) is 1.61. The SMILES string of the molecule is COc1ccc(C)cc1Nc1nnc(SCC(=O)Nc2ncc(Cl)cc2Cl)s1. The van der Waals surface area contributed by atoms with E-state index in [2.05, 4.69) is 25.8 Å². The molecule has 2 heterocycles. The van der Waals surface area contributed by atoms with E-state index in [9.17, 15) is 4.79 Å². The number of hydrogen-bond acceptors (Lipinski definition) is 8. The van der Waals surface area contributed by atoms with Crippen LogP contribution in [0.2, 0.25) is 10.0 Å². The fourth-order valence-electron chi connectivity index (χ4n) is 2.16. The second kappa shape index (κ2) is 9.42. The van der Waals surface area contributed by atoms with Crippen LogP contribution in [-0.4, -0.2) is 34.0 Å². The normalized spacial score (nSPS) is 10.6. The first-order chi connectivity index (χ1) is 13.4. The maximum absolute atomic E-state index is 12.1. The molecule has 3 aromatic rings. The summed E-state index contributed by atoms with van der Waals surface area (Å²) in [5, 5.41) is 15.3. The molecule has 0 unspecified atom stereocenters. The highest BCUT2D eigenvalue weighted by Crippen LogP contribution is 2.32. The van der Waals surface area contributed by atoms with Gasteiger partial charge in [-0.15, -0.1) is 10.2 Å². The molecule has 0 saturated carbocycles. The number of aromatic nitrogens is 3. The molecule has 0 radical (unpaired) electrons. The lowest BCUT2D eigenvalue weighted by molar-refractivity contribution is -0.113. The Labute approximate surface area is 179 Å². The van der Waals surface area contributed by atoms with Crippen molar-refractivity contribution >= 4 is 68.8 Å². The smallest absolute Gasteiger partial charge is 0.236 e. The molecule has 2 aromatic heterocycles. The molecule has 146 valence electrons. The Bertz CT molecular complexity index is 999. The van der Waals surface area contributed by atoms with Gasteiger partial charge in [-0.1, -0.05) is 52.4 Å². The van der Waals surface area contributed by atoms with Crippen molar-refractivity contribution in [3.05, 3.63) is 46.1 Å². The minimum absolute atomic E-state index is 0.142. The maximum atomic E-state index is 12.1. The molecular formula is C17H15Cl2N5O2S2. The minimum Gasteiger partial charge on any atom is -0.495 e. The summed E-state index contributed by atoms with van der Waals surface area (Å²) in [5.41, 5.74) is 1.89. The number of methoxy groups -OCH3 is 1. The van der Waals surface area contributed by atoms with Crippen LogP contribution in [0.25, 0.3) is 0 Å². The van der Waals surface area contributed by atoms with Gasteiger partial charge in [0.25, 0.3) is 0 Å². The van der Waals surface area contributed by atoms with Gasteiger partial charge in [0.2, 0.25) is 11.0 Å². The molecule has 7 nitrogen and oxygen atoms in total. The zero-order chi connectivity index (χ0) is 20.1. The van der Waals surface area contributed by atoms with Crippen molar-refractivity contribution < 1.29 is 9.53 Å².